The zero-order valence-corrected chi connectivity index (χ0v) is 19.5. The topological polar surface area (TPSA) is 40.5 Å². The molecule has 31 heavy (non-hydrogen) atoms. The molecule has 1 aliphatic rings. The molecule has 0 aliphatic carbocycles. The minimum atomic E-state index is -0.884. The predicted molar refractivity (Wildman–Crippen MR) is 131 cm³/mol. The van der Waals surface area contributed by atoms with Gasteiger partial charge in [0.05, 0.1) is 5.56 Å². The first kappa shape index (κ1) is 23.1. The normalized spacial score (nSPS) is 16.3. The Morgan fingerprint density at radius 1 is 1.13 bits per heavy atom. The van der Waals surface area contributed by atoms with Gasteiger partial charge < -0.3 is 10.0 Å². The Labute approximate surface area is 187 Å². The van der Waals surface area contributed by atoms with E-state index in [1.165, 1.54) is 42.5 Å². The zero-order chi connectivity index (χ0) is 22.4. The summed E-state index contributed by atoms with van der Waals surface area (Å²) in [5, 5.41) is 9.12. The molecule has 1 unspecified atom stereocenters. The number of anilines is 1. The lowest BCUT2D eigenvalue weighted by Gasteiger charge is -2.40. The van der Waals surface area contributed by atoms with Crippen molar-refractivity contribution in [1.29, 1.82) is 0 Å². The molecule has 0 aromatic heterocycles. The van der Waals surface area contributed by atoms with Gasteiger partial charge in [0.2, 0.25) is 0 Å². The highest BCUT2D eigenvalue weighted by Crippen LogP contribution is 2.41. The lowest BCUT2D eigenvalue weighted by molar-refractivity contribution is 0.0697. The highest BCUT2D eigenvalue weighted by atomic mass is 16.4. The largest absolute Gasteiger partial charge is 0.478 e. The second-order valence-corrected chi connectivity index (χ2v) is 9.38. The molecular formula is C28H37NO2. The monoisotopic (exact) mass is 419 g/mol. The number of hydrogen-bond donors (Lipinski definition) is 1. The van der Waals surface area contributed by atoms with Crippen LogP contribution in [0.15, 0.2) is 48.5 Å². The number of allylic oxidation sites excluding steroid dienone is 1. The minimum Gasteiger partial charge on any atom is -0.478 e. The molecule has 0 spiro atoms. The van der Waals surface area contributed by atoms with E-state index in [1.807, 2.05) is 12.1 Å². The van der Waals surface area contributed by atoms with Crippen LogP contribution >= 0.6 is 0 Å². The smallest absolute Gasteiger partial charge is 0.335 e. The van der Waals surface area contributed by atoms with Gasteiger partial charge in [0.1, 0.15) is 0 Å². The fourth-order valence-electron chi connectivity index (χ4n) is 4.56. The molecule has 0 saturated heterocycles. The molecule has 166 valence electrons. The van der Waals surface area contributed by atoms with Crippen molar-refractivity contribution in [2.24, 2.45) is 0 Å². The van der Waals surface area contributed by atoms with Crippen LogP contribution in [0.4, 0.5) is 5.69 Å². The first-order valence-electron chi connectivity index (χ1n) is 11.8. The molecular weight excluding hydrogens is 382 g/mol. The van der Waals surface area contributed by atoms with E-state index in [1.54, 1.807) is 12.1 Å². The van der Waals surface area contributed by atoms with Gasteiger partial charge in [-0.25, -0.2) is 4.79 Å². The van der Waals surface area contributed by atoms with Crippen LogP contribution in [-0.2, 0) is 5.41 Å². The fraction of sp³-hybridized carbons (Fsp3) is 0.464. The summed E-state index contributed by atoms with van der Waals surface area (Å²) in [5.41, 5.74) is 5.83. The van der Waals surface area contributed by atoms with Crippen molar-refractivity contribution in [3.8, 4) is 0 Å². The molecule has 1 heterocycles. The maximum absolute atomic E-state index is 11.1. The SMILES string of the molecule is CCCCCC(/C=C/c1ccc(C(=O)O)cc1)c1ccc2c(c1)N(CC)CCC2(C)C. The van der Waals surface area contributed by atoms with Crippen LogP contribution in [0, 0.1) is 0 Å². The number of hydrogen-bond acceptors (Lipinski definition) is 2. The second kappa shape index (κ2) is 10.2. The molecule has 0 fully saturated rings. The molecule has 1 atom stereocenters. The highest BCUT2D eigenvalue weighted by Gasteiger charge is 2.31. The quantitative estimate of drug-likeness (QED) is 0.434. The molecule has 3 rings (SSSR count). The molecule has 1 aliphatic heterocycles. The van der Waals surface area contributed by atoms with Crippen molar-refractivity contribution in [2.45, 2.75) is 71.1 Å². The third-order valence-corrected chi connectivity index (χ3v) is 6.71. The summed E-state index contributed by atoms with van der Waals surface area (Å²) in [5.74, 6) is -0.523. The Hall–Kier alpha value is -2.55. The Morgan fingerprint density at radius 2 is 1.87 bits per heavy atom. The Kier molecular flexibility index (Phi) is 7.59. The summed E-state index contributed by atoms with van der Waals surface area (Å²) < 4.78 is 0. The number of benzene rings is 2. The van der Waals surface area contributed by atoms with E-state index in [2.05, 4.69) is 62.9 Å². The van der Waals surface area contributed by atoms with Crippen LogP contribution in [0.25, 0.3) is 6.08 Å². The van der Waals surface area contributed by atoms with Gasteiger partial charge in [-0.05, 0) is 60.1 Å². The van der Waals surface area contributed by atoms with E-state index in [-0.39, 0.29) is 5.41 Å². The highest BCUT2D eigenvalue weighted by molar-refractivity contribution is 5.87. The van der Waals surface area contributed by atoms with E-state index >= 15 is 0 Å². The summed E-state index contributed by atoms with van der Waals surface area (Å²) >= 11 is 0. The van der Waals surface area contributed by atoms with Crippen molar-refractivity contribution in [3.63, 3.8) is 0 Å². The summed E-state index contributed by atoms with van der Waals surface area (Å²) in [7, 11) is 0. The van der Waals surface area contributed by atoms with E-state index < -0.39 is 5.97 Å². The lowest BCUT2D eigenvalue weighted by Crippen LogP contribution is -2.37. The number of fused-ring (bicyclic) bond motifs is 1. The molecule has 0 radical (unpaired) electrons. The van der Waals surface area contributed by atoms with Gasteiger partial charge in [0.25, 0.3) is 0 Å². The van der Waals surface area contributed by atoms with Crippen molar-refractivity contribution in [3.05, 3.63) is 70.8 Å². The van der Waals surface area contributed by atoms with Gasteiger partial charge in [0, 0.05) is 24.7 Å². The number of carboxylic acid groups (broad SMARTS) is 1. The number of carbonyl (C=O) groups is 1. The van der Waals surface area contributed by atoms with Gasteiger partial charge in [0.15, 0.2) is 0 Å². The van der Waals surface area contributed by atoms with Gasteiger partial charge in [-0.1, -0.05) is 76.5 Å². The minimum absolute atomic E-state index is 0.221. The maximum atomic E-state index is 11.1. The summed E-state index contributed by atoms with van der Waals surface area (Å²) in [4.78, 5) is 13.6. The molecule has 0 amide bonds. The first-order valence-corrected chi connectivity index (χ1v) is 11.8. The van der Waals surface area contributed by atoms with Crippen LogP contribution < -0.4 is 4.90 Å². The van der Waals surface area contributed by atoms with Crippen molar-refractivity contribution in [1.82, 2.24) is 0 Å². The van der Waals surface area contributed by atoms with Crippen LogP contribution in [0.5, 0.6) is 0 Å². The van der Waals surface area contributed by atoms with Gasteiger partial charge in [-0.2, -0.15) is 0 Å². The summed E-state index contributed by atoms with van der Waals surface area (Å²) in [6.45, 7) is 11.4. The van der Waals surface area contributed by atoms with E-state index in [0.717, 1.165) is 25.1 Å². The zero-order valence-electron chi connectivity index (χ0n) is 19.5. The molecule has 3 heteroatoms. The average Bonchev–Trinajstić information content (AvgIpc) is 2.76. The lowest BCUT2D eigenvalue weighted by atomic mass is 9.76. The molecule has 0 bridgehead atoms. The summed E-state index contributed by atoms with van der Waals surface area (Å²) in [6, 6.07) is 14.2. The van der Waals surface area contributed by atoms with Crippen LogP contribution in [0.3, 0.4) is 0 Å². The van der Waals surface area contributed by atoms with Crippen molar-refractivity contribution in [2.75, 3.05) is 18.0 Å². The molecule has 2 aromatic carbocycles. The molecule has 3 nitrogen and oxygen atoms in total. The second-order valence-electron chi connectivity index (χ2n) is 9.38. The predicted octanol–water partition coefficient (Wildman–Crippen LogP) is 7.27. The standard InChI is InChI=1S/C28H37NO2/c1-5-7-8-9-22(13-10-21-11-14-23(15-12-21)27(30)31)24-16-17-25-26(20-24)29(6-2)19-18-28(25,3)4/h10-17,20,22H,5-9,18-19H2,1-4H3,(H,30,31)/b13-10+. The molecule has 0 saturated carbocycles. The number of aromatic carboxylic acids is 1. The number of unbranched alkanes of at least 4 members (excludes halogenated alkanes) is 2. The Bertz CT molecular complexity index is 911. The van der Waals surface area contributed by atoms with Crippen LogP contribution in [-0.4, -0.2) is 24.2 Å². The molecule has 2 aromatic rings. The van der Waals surface area contributed by atoms with Gasteiger partial charge in [-0.3, -0.25) is 0 Å². The Balaban J connectivity index is 1.90. The molecule has 1 N–H and O–H groups in total. The average molecular weight is 420 g/mol. The van der Waals surface area contributed by atoms with Crippen LogP contribution in [0.1, 0.15) is 92.8 Å². The van der Waals surface area contributed by atoms with Gasteiger partial charge in [-0.15, -0.1) is 0 Å². The first-order chi connectivity index (χ1) is 14.9. The van der Waals surface area contributed by atoms with E-state index in [0.29, 0.717) is 11.5 Å². The van der Waals surface area contributed by atoms with E-state index in [4.69, 9.17) is 5.11 Å². The van der Waals surface area contributed by atoms with E-state index in [9.17, 15) is 4.79 Å². The van der Waals surface area contributed by atoms with Crippen molar-refractivity contribution < 1.29 is 9.90 Å². The maximum Gasteiger partial charge on any atom is 0.335 e. The number of rotatable bonds is 9. The number of nitrogens with zero attached hydrogens (tertiary/aromatic N) is 1. The van der Waals surface area contributed by atoms with Crippen molar-refractivity contribution >= 4 is 17.7 Å². The summed E-state index contributed by atoms with van der Waals surface area (Å²) in [6.07, 6.45) is 10.4. The third kappa shape index (κ3) is 5.58. The van der Waals surface area contributed by atoms with Gasteiger partial charge >= 0.3 is 5.97 Å². The third-order valence-electron chi connectivity index (χ3n) is 6.71. The fourth-order valence-corrected chi connectivity index (χ4v) is 4.56. The Morgan fingerprint density at radius 3 is 2.52 bits per heavy atom. The van der Waals surface area contributed by atoms with Crippen LogP contribution in [0.2, 0.25) is 0 Å². The number of carboxylic acids is 1.